The molecule has 0 bridgehead atoms. The van der Waals surface area contributed by atoms with Crippen LogP contribution in [0.25, 0.3) is 10.9 Å². The van der Waals surface area contributed by atoms with Gasteiger partial charge in [0.25, 0.3) is 0 Å². The Kier molecular flexibility index (Phi) is 5.02. The highest BCUT2D eigenvalue weighted by molar-refractivity contribution is 5.81. The molecule has 3 atom stereocenters. The molecule has 2 aromatic rings. The van der Waals surface area contributed by atoms with Crippen LogP contribution in [0.3, 0.4) is 0 Å². The fourth-order valence-corrected chi connectivity index (χ4v) is 5.53. The Hall–Kier alpha value is -2.18. The number of aryl methyl sites for hydroxylation is 1. The molecule has 0 N–H and O–H groups in total. The maximum atomic E-state index is 4.47. The molecule has 0 spiro atoms. The van der Waals surface area contributed by atoms with Crippen molar-refractivity contribution in [3.05, 3.63) is 65.8 Å². The van der Waals surface area contributed by atoms with E-state index in [1.165, 1.54) is 43.1 Å². The van der Waals surface area contributed by atoms with Crippen molar-refractivity contribution in [2.24, 2.45) is 11.3 Å². The summed E-state index contributed by atoms with van der Waals surface area (Å²) in [5.41, 5.74) is 9.08. The van der Waals surface area contributed by atoms with E-state index < -0.39 is 0 Å². The molecular formula is C25H30N2. The second-order valence-corrected chi connectivity index (χ2v) is 8.31. The molecule has 2 nitrogen and oxygen atoms in total. The monoisotopic (exact) mass is 358 g/mol. The summed E-state index contributed by atoms with van der Waals surface area (Å²) in [5.74, 6) is 1.16. The van der Waals surface area contributed by atoms with Crippen molar-refractivity contribution in [3.8, 4) is 0 Å². The van der Waals surface area contributed by atoms with Crippen LogP contribution in [0.5, 0.6) is 0 Å². The zero-order valence-corrected chi connectivity index (χ0v) is 16.7. The second kappa shape index (κ2) is 7.44. The zero-order chi connectivity index (χ0) is 18.9. The highest BCUT2D eigenvalue weighted by Gasteiger charge is 2.51. The van der Waals surface area contributed by atoms with Gasteiger partial charge in [0.2, 0.25) is 0 Å². The Morgan fingerprint density at radius 2 is 2.19 bits per heavy atom. The minimum Gasteiger partial charge on any atom is -0.241 e. The van der Waals surface area contributed by atoms with Crippen LogP contribution in [-0.4, -0.2) is 9.97 Å². The summed E-state index contributed by atoms with van der Waals surface area (Å²) in [5, 5.41) is 1.20. The van der Waals surface area contributed by atoms with Gasteiger partial charge in [-0.15, -0.1) is 12.3 Å². The molecule has 27 heavy (non-hydrogen) atoms. The molecule has 0 saturated heterocycles. The van der Waals surface area contributed by atoms with Crippen molar-refractivity contribution >= 4 is 10.9 Å². The third-order valence-electron chi connectivity index (χ3n) is 6.85. The van der Waals surface area contributed by atoms with Gasteiger partial charge in [0.05, 0.1) is 5.52 Å². The van der Waals surface area contributed by atoms with Gasteiger partial charge in [0, 0.05) is 16.5 Å². The average molecular weight is 359 g/mol. The van der Waals surface area contributed by atoms with Crippen LogP contribution in [0.4, 0.5) is 0 Å². The number of aromatic nitrogens is 2. The van der Waals surface area contributed by atoms with Crippen LogP contribution >= 0.6 is 0 Å². The molecule has 1 aromatic carbocycles. The molecule has 0 amide bonds. The zero-order valence-electron chi connectivity index (χ0n) is 16.7. The fourth-order valence-electron chi connectivity index (χ4n) is 5.53. The van der Waals surface area contributed by atoms with Crippen molar-refractivity contribution in [2.75, 3.05) is 0 Å². The normalized spacial score (nSPS) is 23.3. The van der Waals surface area contributed by atoms with Gasteiger partial charge in [-0.05, 0) is 86.6 Å². The van der Waals surface area contributed by atoms with E-state index in [2.05, 4.69) is 66.5 Å². The van der Waals surface area contributed by atoms with Gasteiger partial charge in [-0.3, -0.25) is 0 Å². The van der Waals surface area contributed by atoms with E-state index in [0.29, 0.717) is 17.3 Å². The second-order valence-electron chi connectivity index (χ2n) is 8.31. The van der Waals surface area contributed by atoms with Crippen LogP contribution in [-0.2, 0) is 0 Å². The van der Waals surface area contributed by atoms with E-state index in [0.717, 1.165) is 24.1 Å². The van der Waals surface area contributed by atoms with Crippen LogP contribution < -0.4 is 0 Å². The minimum atomic E-state index is 0.300. The summed E-state index contributed by atoms with van der Waals surface area (Å²) in [4.78, 5) is 8.90. The number of rotatable bonds is 7. The number of nitrogens with zero attached hydrogens (tertiary/aromatic N) is 2. The largest absolute Gasteiger partial charge is 0.241 e. The quantitative estimate of drug-likeness (QED) is 0.408. The predicted molar refractivity (Wildman–Crippen MR) is 113 cm³/mol. The Labute approximate surface area is 163 Å². The summed E-state index contributed by atoms with van der Waals surface area (Å²) in [6.07, 6.45) is 14.5. The van der Waals surface area contributed by atoms with Gasteiger partial charge in [0.15, 0.2) is 0 Å². The van der Waals surface area contributed by atoms with Crippen molar-refractivity contribution < 1.29 is 0 Å². The lowest BCUT2D eigenvalue weighted by Gasteiger charge is -2.53. The summed E-state index contributed by atoms with van der Waals surface area (Å²) in [6, 6.07) is 6.90. The molecule has 140 valence electrons. The molecule has 1 heterocycles. The average Bonchev–Trinajstić information content (AvgIpc) is 2.65. The number of hydrogen-bond donors (Lipinski definition) is 0. The highest BCUT2D eigenvalue weighted by atomic mass is 14.8. The highest BCUT2D eigenvalue weighted by Crippen LogP contribution is 2.62. The summed E-state index contributed by atoms with van der Waals surface area (Å²) in [6.45, 7) is 8.48. The lowest BCUT2D eigenvalue weighted by Crippen LogP contribution is -2.42. The maximum absolute atomic E-state index is 4.47. The van der Waals surface area contributed by atoms with Crippen LogP contribution in [0.1, 0.15) is 69.0 Å². The lowest BCUT2D eigenvalue weighted by atomic mass is 9.50. The Morgan fingerprint density at radius 3 is 2.89 bits per heavy atom. The van der Waals surface area contributed by atoms with E-state index in [4.69, 9.17) is 0 Å². The third-order valence-corrected chi connectivity index (χ3v) is 6.85. The van der Waals surface area contributed by atoms with Crippen LogP contribution in [0.2, 0.25) is 0 Å². The molecule has 4 rings (SSSR count). The molecular weight excluding hydrogens is 328 g/mol. The van der Waals surface area contributed by atoms with Crippen LogP contribution in [0, 0.1) is 18.3 Å². The topological polar surface area (TPSA) is 25.8 Å². The summed E-state index contributed by atoms with van der Waals surface area (Å²) >= 11 is 0. The molecule has 0 aliphatic heterocycles. The molecule has 1 aromatic heterocycles. The van der Waals surface area contributed by atoms with Crippen molar-refractivity contribution in [3.63, 3.8) is 0 Å². The first-order valence-corrected chi connectivity index (χ1v) is 10.5. The van der Waals surface area contributed by atoms with Crippen molar-refractivity contribution in [1.29, 1.82) is 0 Å². The minimum absolute atomic E-state index is 0.300. The van der Waals surface area contributed by atoms with E-state index in [-0.39, 0.29) is 0 Å². The predicted octanol–water partition coefficient (Wildman–Crippen LogP) is 6.67. The van der Waals surface area contributed by atoms with E-state index in [1.807, 2.05) is 0 Å². The first kappa shape index (κ1) is 18.2. The number of allylic oxidation sites excluding steroid dienone is 2. The summed E-state index contributed by atoms with van der Waals surface area (Å²) in [7, 11) is 0. The third kappa shape index (κ3) is 3.07. The van der Waals surface area contributed by atoms with Crippen molar-refractivity contribution in [1.82, 2.24) is 9.97 Å². The summed E-state index contributed by atoms with van der Waals surface area (Å²) < 4.78 is 0. The van der Waals surface area contributed by atoms with Crippen LogP contribution in [0.15, 0.2) is 54.6 Å². The Balaban J connectivity index is 1.86. The Bertz CT molecular complexity index is 919. The number of fused-ring (bicyclic) bond motifs is 2. The molecule has 1 fully saturated rings. The SMILES string of the molecule is C=CCC(CCC)C(c1ccc2ncnc(C)c2c1)[C@]12CCC=C=C1CC2. The van der Waals surface area contributed by atoms with Gasteiger partial charge in [-0.1, -0.05) is 25.5 Å². The molecule has 2 heteroatoms. The number of benzene rings is 1. The maximum Gasteiger partial charge on any atom is 0.116 e. The number of hydrogen-bond acceptors (Lipinski definition) is 2. The molecule has 2 aliphatic rings. The Morgan fingerprint density at radius 1 is 1.30 bits per heavy atom. The molecule has 1 saturated carbocycles. The van der Waals surface area contributed by atoms with Gasteiger partial charge in [0.1, 0.15) is 6.33 Å². The first-order valence-electron chi connectivity index (χ1n) is 10.5. The van der Waals surface area contributed by atoms with E-state index in [1.54, 1.807) is 11.9 Å². The molecule has 2 unspecified atom stereocenters. The lowest BCUT2D eigenvalue weighted by molar-refractivity contribution is 0.118. The smallest absolute Gasteiger partial charge is 0.116 e. The molecule has 2 aliphatic carbocycles. The van der Waals surface area contributed by atoms with Gasteiger partial charge >= 0.3 is 0 Å². The first-order chi connectivity index (χ1) is 13.2. The standard InChI is InChI=1S/C25H30N2/c1-4-8-19(9-5-2)24(25-14-7-6-10-21(25)13-15-25)20-11-12-23-22(16-20)18(3)26-17-27-23/h4,6,11-12,16-17,19,24H,1,5,7-9,13-15H2,2-3H3/t19?,24?,25-/m0/s1. The van der Waals surface area contributed by atoms with Crippen molar-refractivity contribution in [2.45, 2.75) is 64.7 Å². The van der Waals surface area contributed by atoms with Gasteiger partial charge in [-0.25, -0.2) is 9.97 Å². The van der Waals surface area contributed by atoms with Gasteiger partial charge < -0.3 is 0 Å². The molecule has 0 radical (unpaired) electrons. The fraction of sp³-hybridized carbons (Fsp3) is 0.480. The van der Waals surface area contributed by atoms with E-state index in [9.17, 15) is 0 Å². The van der Waals surface area contributed by atoms with E-state index >= 15 is 0 Å². The van der Waals surface area contributed by atoms with Gasteiger partial charge in [-0.2, -0.15) is 0 Å².